The molecule has 1 heterocycles. The number of fused-ring (bicyclic) bond motifs is 1. The van der Waals surface area contributed by atoms with Gasteiger partial charge in [-0.15, -0.1) is 0 Å². The molecule has 0 atom stereocenters. The minimum atomic E-state index is -0.146. The van der Waals surface area contributed by atoms with Gasteiger partial charge in [0.05, 0.1) is 17.6 Å². The van der Waals surface area contributed by atoms with Gasteiger partial charge in [0.15, 0.2) is 6.61 Å². The van der Waals surface area contributed by atoms with Crippen LogP contribution in [0.1, 0.15) is 36.2 Å². The first-order valence-electron chi connectivity index (χ1n) is 12.8. The molecular weight excluding hydrogens is 486 g/mol. The molecule has 0 spiro atoms. The Labute approximate surface area is 223 Å². The van der Waals surface area contributed by atoms with Crippen molar-refractivity contribution in [2.75, 3.05) is 19.8 Å². The molecule has 1 N–H and O–H groups in total. The Morgan fingerprint density at radius 2 is 1.68 bits per heavy atom. The molecule has 194 valence electrons. The van der Waals surface area contributed by atoms with Crippen LogP contribution in [0.4, 0.5) is 0 Å². The number of unbranched alkanes of at least 4 members (excludes halogenated alkanes) is 1. The number of nitrogens with one attached hydrogen (secondary N) is 1. The highest BCUT2D eigenvalue weighted by atomic mass is 35.5. The van der Waals surface area contributed by atoms with Gasteiger partial charge in [0.25, 0.3) is 5.91 Å². The van der Waals surface area contributed by atoms with E-state index in [1.54, 1.807) is 24.3 Å². The second-order valence-corrected chi connectivity index (χ2v) is 9.68. The highest BCUT2D eigenvalue weighted by molar-refractivity contribution is 6.30. The predicted molar refractivity (Wildman–Crippen MR) is 149 cm³/mol. The fourth-order valence-electron chi connectivity index (χ4n) is 4.35. The van der Waals surface area contributed by atoms with Crippen LogP contribution < -0.4 is 14.8 Å². The SMILES string of the molecule is Cc1cc(C)cc(OCCCCn2c(CCCNC(=O)COc3ccc(Cl)cc3)nc3ccccc32)c1. The second-order valence-electron chi connectivity index (χ2n) is 9.24. The lowest BCUT2D eigenvalue weighted by atomic mass is 10.1. The molecule has 0 fully saturated rings. The van der Waals surface area contributed by atoms with E-state index in [0.717, 1.165) is 54.8 Å². The van der Waals surface area contributed by atoms with Crippen molar-refractivity contribution in [3.63, 3.8) is 0 Å². The van der Waals surface area contributed by atoms with E-state index in [2.05, 4.69) is 48.0 Å². The zero-order chi connectivity index (χ0) is 26.0. The Bertz CT molecular complexity index is 1300. The maximum absolute atomic E-state index is 12.2. The molecule has 6 nitrogen and oxygen atoms in total. The van der Waals surface area contributed by atoms with Crippen molar-refractivity contribution < 1.29 is 14.3 Å². The number of benzene rings is 3. The molecule has 1 aromatic heterocycles. The Kier molecular flexibility index (Phi) is 9.44. The summed E-state index contributed by atoms with van der Waals surface area (Å²) in [7, 11) is 0. The average molecular weight is 520 g/mol. The molecule has 0 saturated carbocycles. The van der Waals surface area contributed by atoms with Gasteiger partial charge in [0.2, 0.25) is 0 Å². The molecule has 3 aromatic carbocycles. The third-order valence-electron chi connectivity index (χ3n) is 6.06. The first kappa shape index (κ1) is 26.6. The van der Waals surface area contributed by atoms with Crippen molar-refractivity contribution in [1.29, 1.82) is 0 Å². The summed E-state index contributed by atoms with van der Waals surface area (Å²) in [5.41, 5.74) is 4.59. The number of aromatic nitrogens is 2. The molecule has 0 unspecified atom stereocenters. The van der Waals surface area contributed by atoms with Gasteiger partial charge in [0, 0.05) is 24.5 Å². The number of imidazole rings is 1. The summed E-state index contributed by atoms with van der Waals surface area (Å²) in [4.78, 5) is 17.0. The van der Waals surface area contributed by atoms with E-state index in [1.165, 1.54) is 11.1 Å². The Hall–Kier alpha value is -3.51. The zero-order valence-corrected chi connectivity index (χ0v) is 22.3. The van der Waals surface area contributed by atoms with Crippen LogP contribution >= 0.6 is 11.6 Å². The number of nitrogens with zero attached hydrogens (tertiary/aromatic N) is 2. The molecule has 4 rings (SSSR count). The number of halogens is 1. The third kappa shape index (κ3) is 7.99. The number of rotatable bonds is 13. The van der Waals surface area contributed by atoms with E-state index in [1.807, 2.05) is 18.2 Å². The lowest BCUT2D eigenvalue weighted by molar-refractivity contribution is -0.123. The highest BCUT2D eigenvalue weighted by Gasteiger charge is 2.11. The van der Waals surface area contributed by atoms with Crippen LogP contribution in [0.3, 0.4) is 0 Å². The van der Waals surface area contributed by atoms with Crippen LogP contribution in [0, 0.1) is 13.8 Å². The van der Waals surface area contributed by atoms with E-state index in [0.29, 0.717) is 23.9 Å². The number of para-hydroxylation sites is 2. The first-order valence-corrected chi connectivity index (χ1v) is 13.2. The molecule has 0 bridgehead atoms. The topological polar surface area (TPSA) is 65.4 Å². The maximum Gasteiger partial charge on any atom is 0.257 e. The minimum absolute atomic E-state index is 0.0235. The molecule has 0 aliphatic heterocycles. The Morgan fingerprint density at radius 3 is 2.46 bits per heavy atom. The van der Waals surface area contributed by atoms with Gasteiger partial charge in [-0.05, 0) is 92.8 Å². The summed E-state index contributed by atoms with van der Waals surface area (Å²) >= 11 is 5.87. The van der Waals surface area contributed by atoms with E-state index >= 15 is 0 Å². The predicted octanol–water partition coefficient (Wildman–Crippen LogP) is 6.29. The number of ether oxygens (including phenoxy) is 2. The van der Waals surface area contributed by atoms with E-state index in [-0.39, 0.29) is 12.5 Å². The molecule has 0 radical (unpaired) electrons. The summed E-state index contributed by atoms with van der Waals surface area (Å²) in [5.74, 6) is 2.45. The van der Waals surface area contributed by atoms with Crippen molar-refractivity contribution in [1.82, 2.24) is 14.9 Å². The number of aryl methyl sites for hydroxylation is 4. The lowest BCUT2D eigenvalue weighted by Gasteiger charge is -2.11. The minimum Gasteiger partial charge on any atom is -0.494 e. The van der Waals surface area contributed by atoms with Gasteiger partial charge < -0.3 is 19.4 Å². The smallest absolute Gasteiger partial charge is 0.257 e. The molecule has 1 amide bonds. The van der Waals surface area contributed by atoms with Crippen molar-refractivity contribution >= 4 is 28.5 Å². The van der Waals surface area contributed by atoms with E-state index in [9.17, 15) is 4.79 Å². The van der Waals surface area contributed by atoms with Crippen molar-refractivity contribution in [2.45, 2.75) is 46.1 Å². The summed E-state index contributed by atoms with van der Waals surface area (Å²) < 4.78 is 13.8. The average Bonchev–Trinajstić information content (AvgIpc) is 3.23. The normalized spacial score (nSPS) is 11.0. The van der Waals surface area contributed by atoms with Gasteiger partial charge >= 0.3 is 0 Å². The fraction of sp³-hybridized carbons (Fsp3) is 0.333. The number of carbonyl (C=O) groups is 1. The van der Waals surface area contributed by atoms with Gasteiger partial charge in [-0.2, -0.15) is 0 Å². The zero-order valence-electron chi connectivity index (χ0n) is 21.5. The monoisotopic (exact) mass is 519 g/mol. The van der Waals surface area contributed by atoms with Crippen LogP contribution in [0.15, 0.2) is 66.7 Å². The van der Waals surface area contributed by atoms with Crippen LogP contribution in [-0.4, -0.2) is 35.2 Å². The van der Waals surface area contributed by atoms with Crippen molar-refractivity contribution in [3.05, 3.63) is 88.7 Å². The van der Waals surface area contributed by atoms with E-state index < -0.39 is 0 Å². The largest absolute Gasteiger partial charge is 0.494 e. The number of hydrogen-bond donors (Lipinski definition) is 1. The molecule has 0 aliphatic carbocycles. The molecular formula is C30H34ClN3O3. The van der Waals surface area contributed by atoms with E-state index in [4.69, 9.17) is 26.1 Å². The maximum atomic E-state index is 12.2. The number of hydrogen-bond acceptors (Lipinski definition) is 4. The Balaban J connectivity index is 1.23. The quantitative estimate of drug-likeness (QED) is 0.211. The van der Waals surface area contributed by atoms with Crippen LogP contribution in [0.5, 0.6) is 11.5 Å². The third-order valence-corrected chi connectivity index (χ3v) is 6.31. The standard InChI is InChI=1S/C30H34ClN3O3/c1-22-18-23(2)20-26(19-22)36-17-6-5-16-34-28-9-4-3-8-27(28)33-29(34)10-7-15-32-30(35)21-37-25-13-11-24(31)12-14-25/h3-4,8-9,11-14,18-20H,5-7,10,15-17,21H2,1-2H3,(H,32,35). The summed E-state index contributed by atoms with van der Waals surface area (Å²) in [6, 6.07) is 21.5. The van der Waals surface area contributed by atoms with Crippen LogP contribution in [-0.2, 0) is 17.8 Å². The van der Waals surface area contributed by atoms with Gasteiger partial charge in [-0.25, -0.2) is 4.98 Å². The Morgan fingerprint density at radius 1 is 0.919 bits per heavy atom. The lowest BCUT2D eigenvalue weighted by Crippen LogP contribution is -2.30. The van der Waals surface area contributed by atoms with Gasteiger partial charge in [-0.1, -0.05) is 29.8 Å². The second kappa shape index (κ2) is 13.2. The molecule has 7 heteroatoms. The number of carbonyl (C=O) groups excluding carboxylic acids is 1. The molecule has 0 aliphatic rings. The van der Waals surface area contributed by atoms with Crippen molar-refractivity contribution in [3.8, 4) is 11.5 Å². The summed E-state index contributed by atoms with van der Waals surface area (Å²) in [6.07, 6.45) is 3.54. The summed E-state index contributed by atoms with van der Waals surface area (Å²) in [6.45, 7) is 6.29. The van der Waals surface area contributed by atoms with Crippen molar-refractivity contribution in [2.24, 2.45) is 0 Å². The van der Waals surface area contributed by atoms with Gasteiger partial charge in [0.1, 0.15) is 17.3 Å². The molecule has 0 saturated heterocycles. The highest BCUT2D eigenvalue weighted by Crippen LogP contribution is 2.20. The fourth-order valence-corrected chi connectivity index (χ4v) is 4.48. The summed E-state index contributed by atoms with van der Waals surface area (Å²) in [5, 5.41) is 3.56. The van der Waals surface area contributed by atoms with Crippen LogP contribution in [0.2, 0.25) is 5.02 Å². The molecule has 4 aromatic rings. The van der Waals surface area contributed by atoms with Crippen LogP contribution in [0.25, 0.3) is 11.0 Å². The molecule has 37 heavy (non-hydrogen) atoms. The van der Waals surface area contributed by atoms with Gasteiger partial charge in [-0.3, -0.25) is 4.79 Å². The first-order chi connectivity index (χ1) is 18.0. The number of amides is 1.